The summed E-state index contributed by atoms with van der Waals surface area (Å²) in [5, 5.41) is 11.8. The summed E-state index contributed by atoms with van der Waals surface area (Å²) in [6.45, 7) is 5.70. The highest BCUT2D eigenvalue weighted by molar-refractivity contribution is 5.95. The summed E-state index contributed by atoms with van der Waals surface area (Å²) in [7, 11) is 0. The molecule has 1 amide bonds. The second-order valence-corrected chi connectivity index (χ2v) is 5.15. The third-order valence-electron chi connectivity index (χ3n) is 3.47. The van der Waals surface area contributed by atoms with Crippen molar-refractivity contribution in [2.75, 3.05) is 5.32 Å². The van der Waals surface area contributed by atoms with E-state index in [0.29, 0.717) is 17.0 Å². The third-order valence-corrected chi connectivity index (χ3v) is 3.47. The molecule has 0 saturated carbocycles. The van der Waals surface area contributed by atoms with Gasteiger partial charge in [-0.3, -0.25) is 4.79 Å². The number of rotatable bonds is 4. The predicted octanol–water partition coefficient (Wildman–Crippen LogP) is 3.58. The zero-order valence-electron chi connectivity index (χ0n) is 12.9. The van der Waals surface area contributed by atoms with Crippen LogP contribution in [0.5, 0.6) is 5.75 Å². The average molecular weight is 294 g/mol. The van der Waals surface area contributed by atoms with Crippen LogP contribution in [0.2, 0.25) is 0 Å². The van der Waals surface area contributed by atoms with Crippen LogP contribution in [0.3, 0.4) is 0 Å². The first-order valence-corrected chi connectivity index (χ1v) is 7.05. The maximum atomic E-state index is 12.2. The standard InChI is InChI=1S/C18H18N2O2/c1-12-8-9-16(10-13(12)2)22-14(3)18(21)20-17-7-5-4-6-15(17)11-19/h4-10,14H,1-3H3,(H,20,21)/t14-/m0/s1. The minimum atomic E-state index is -0.658. The fourth-order valence-electron chi connectivity index (χ4n) is 1.97. The van der Waals surface area contributed by atoms with Gasteiger partial charge in [0.2, 0.25) is 0 Å². The van der Waals surface area contributed by atoms with Crippen molar-refractivity contribution < 1.29 is 9.53 Å². The smallest absolute Gasteiger partial charge is 0.265 e. The molecule has 2 rings (SSSR count). The van der Waals surface area contributed by atoms with Crippen molar-refractivity contribution in [1.29, 1.82) is 5.26 Å². The molecule has 2 aromatic rings. The Hall–Kier alpha value is -2.80. The number of aryl methyl sites for hydroxylation is 2. The van der Waals surface area contributed by atoms with Crippen molar-refractivity contribution in [2.24, 2.45) is 0 Å². The molecule has 4 nitrogen and oxygen atoms in total. The number of nitriles is 1. The Bertz CT molecular complexity index is 732. The van der Waals surface area contributed by atoms with Crippen LogP contribution in [0.25, 0.3) is 0 Å². The third kappa shape index (κ3) is 3.64. The number of anilines is 1. The number of carbonyl (C=O) groups is 1. The first-order valence-electron chi connectivity index (χ1n) is 7.05. The molecular formula is C18H18N2O2. The van der Waals surface area contributed by atoms with Crippen molar-refractivity contribution in [3.63, 3.8) is 0 Å². The monoisotopic (exact) mass is 294 g/mol. The van der Waals surface area contributed by atoms with Gasteiger partial charge in [0.25, 0.3) is 5.91 Å². The number of ether oxygens (including phenoxy) is 1. The first-order chi connectivity index (χ1) is 10.5. The van der Waals surface area contributed by atoms with E-state index in [1.807, 2.05) is 38.1 Å². The molecule has 112 valence electrons. The highest BCUT2D eigenvalue weighted by Gasteiger charge is 2.16. The summed E-state index contributed by atoms with van der Waals surface area (Å²) in [5.41, 5.74) is 3.20. The molecule has 0 aliphatic carbocycles. The molecule has 0 aromatic heterocycles. The fourth-order valence-corrected chi connectivity index (χ4v) is 1.97. The summed E-state index contributed by atoms with van der Waals surface area (Å²) in [6.07, 6.45) is -0.658. The second-order valence-electron chi connectivity index (χ2n) is 5.15. The van der Waals surface area contributed by atoms with Crippen molar-refractivity contribution >= 4 is 11.6 Å². The van der Waals surface area contributed by atoms with Gasteiger partial charge < -0.3 is 10.1 Å². The first kappa shape index (κ1) is 15.6. The minimum absolute atomic E-state index is 0.291. The second kappa shape index (κ2) is 6.77. The number of benzene rings is 2. The molecule has 0 radical (unpaired) electrons. The van der Waals surface area contributed by atoms with E-state index in [9.17, 15) is 4.79 Å². The van der Waals surface area contributed by atoms with Crippen molar-refractivity contribution in [2.45, 2.75) is 26.9 Å². The lowest BCUT2D eigenvalue weighted by Crippen LogP contribution is -2.30. The molecule has 0 unspecified atom stereocenters. The molecule has 1 N–H and O–H groups in total. The molecule has 0 heterocycles. The highest BCUT2D eigenvalue weighted by Crippen LogP contribution is 2.19. The Morgan fingerprint density at radius 1 is 1.18 bits per heavy atom. The minimum Gasteiger partial charge on any atom is -0.481 e. The Labute approximate surface area is 130 Å². The topological polar surface area (TPSA) is 62.1 Å². The highest BCUT2D eigenvalue weighted by atomic mass is 16.5. The summed E-state index contributed by atoms with van der Waals surface area (Å²) < 4.78 is 5.66. The van der Waals surface area contributed by atoms with Crippen molar-refractivity contribution in [3.05, 3.63) is 59.2 Å². The van der Waals surface area contributed by atoms with Crippen LogP contribution in [-0.2, 0) is 4.79 Å². The Kier molecular flexibility index (Phi) is 4.80. The molecule has 2 aromatic carbocycles. The van der Waals surface area contributed by atoms with Crippen molar-refractivity contribution in [3.8, 4) is 11.8 Å². The molecule has 0 aliphatic rings. The van der Waals surface area contributed by atoms with Crippen molar-refractivity contribution in [1.82, 2.24) is 0 Å². The molecule has 0 bridgehead atoms. The van der Waals surface area contributed by atoms with Gasteiger partial charge in [-0.2, -0.15) is 5.26 Å². The van der Waals surface area contributed by atoms with Crippen LogP contribution in [0.1, 0.15) is 23.6 Å². The van der Waals surface area contributed by atoms with E-state index in [0.717, 1.165) is 5.56 Å². The molecule has 0 aliphatic heterocycles. The number of amides is 1. The van der Waals surface area contributed by atoms with Gasteiger partial charge in [-0.1, -0.05) is 18.2 Å². The van der Waals surface area contributed by atoms with Gasteiger partial charge in [-0.25, -0.2) is 0 Å². The van der Waals surface area contributed by atoms with Gasteiger partial charge >= 0.3 is 0 Å². The quantitative estimate of drug-likeness (QED) is 0.937. The Morgan fingerprint density at radius 2 is 1.91 bits per heavy atom. The van der Waals surface area contributed by atoms with Gasteiger partial charge in [-0.05, 0) is 56.2 Å². The zero-order valence-corrected chi connectivity index (χ0v) is 12.9. The van der Waals surface area contributed by atoms with Gasteiger partial charge in [0.05, 0.1) is 11.3 Å². The van der Waals surface area contributed by atoms with Crippen LogP contribution in [-0.4, -0.2) is 12.0 Å². The molecule has 4 heteroatoms. The maximum Gasteiger partial charge on any atom is 0.265 e. The largest absolute Gasteiger partial charge is 0.481 e. The number of para-hydroxylation sites is 1. The normalized spacial score (nSPS) is 11.4. The van der Waals surface area contributed by atoms with Crippen LogP contribution >= 0.6 is 0 Å². The van der Waals surface area contributed by atoms with Gasteiger partial charge in [0.1, 0.15) is 11.8 Å². The van der Waals surface area contributed by atoms with Crippen LogP contribution in [0.4, 0.5) is 5.69 Å². The number of nitrogens with zero attached hydrogens (tertiary/aromatic N) is 1. The van der Waals surface area contributed by atoms with E-state index in [2.05, 4.69) is 5.32 Å². The molecule has 22 heavy (non-hydrogen) atoms. The van der Waals surface area contributed by atoms with Gasteiger partial charge in [0.15, 0.2) is 6.10 Å². The summed E-state index contributed by atoms with van der Waals surface area (Å²) >= 11 is 0. The molecular weight excluding hydrogens is 276 g/mol. The van der Waals surface area contributed by atoms with Crippen LogP contribution in [0.15, 0.2) is 42.5 Å². The van der Waals surface area contributed by atoms with E-state index >= 15 is 0 Å². The van der Waals surface area contributed by atoms with Crippen LogP contribution in [0, 0.1) is 25.2 Å². The Balaban J connectivity index is 2.06. The SMILES string of the molecule is Cc1ccc(O[C@@H](C)C(=O)Nc2ccccc2C#N)cc1C. The number of nitrogens with one attached hydrogen (secondary N) is 1. The molecule has 0 fully saturated rings. The summed E-state index contributed by atoms with van der Waals surface area (Å²) in [4.78, 5) is 12.2. The molecule has 1 atom stereocenters. The molecule has 0 spiro atoms. The molecule has 0 saturated heterocycles. The van der Waals surface area contributed by atoms with E-state index in [1.165, 1.54) is 5.56 Å². The predicted molar refractivity (Wildman–Crippen MR) is 85.8 cm³/mol. The maximum absolute atomic E-state index is 12.2. The lowest BCUT2D eigenvalue weighted by atomic mass is 10.1. The van der Waals surface area contributed by atoms with Gasteiger partial charge in [-0.15, -0.1) is 0 Å². The lowest BCUT2D eigenvalue weighted by molar-refractivity contribution is -0.122. The average Bonchev–Trinajstić information content (AvgIpc) is 2.51. The lowest BCUT2D eigenvalue weighted by Gasteiger charge is -2.16. The summed E-state index contributed by atoms with van der Waals surface area (Å²) in [5.74, 6) is 0.361. The summed E-state index contributed by atoms with van der Waals surface area (Å²) in [6, 6.07) is 14.6. The Morgan fingerprint density at radius 3 is 2.59 bits per heavy atom. The van der Waals surface area contributed by atoms with E-state index in [-0.39, 0.29) is 5.91 Å². The zero-order chi connectivity index (χ0) is 16.1. The number of hydrogen-bond acceptors (Lipinski definition) is 3. The van der Waals surface area contributed by atoms with E-state index in [4.69, 9.17) is 10.00 Å². The number of carbonyl (C=O) groups excluding carboxylic acids is 1. The van der Waals surface area contributed by atoms with E-state index < -0.39 is 6.10 Å². The van der Waals surface area contributed by atoms with E-state index in [1.54, 1.807) is 31.2 Å². The fraction of sp³-hybridized carbons (Fsp3) is 0.222. The van der Waals surface area contributed by atoms with Crippen LogP contribution < -0.4 is 10.1 Å². The number of hydrogen-bond donors (Lipinski definition) is 1. The van der Waals surface area contributed by atoms with Gasteiger partial charge in [0, 0.05) is 0 Å².